The SMILES string of the molecule is CCc1nn(CC(=O)N2CC(C)CC(C)C2)c(=O)c2cc3oc(C)cc3n12. The smallest absolute Gasteiger partial charge is 0.291 e. The van der Waals surface area contributed by atoms with E-state index in [1.807, 2.05) is 29.2 Å². The molecule has 1 aliphatic rings. The second kappa shape index (κ2) is 6.55. The molecule has 3 aromatic rings. The molecule has 7 heteroatoms. The van der Waals surface area contributed by atoms with Gasteiger partial charge < -0.3 is 9.32 Å². The molecule has 1 aliphatic heterocycles. The molecule has 27 heavy (non-hydrogen) atoms. The maximum Gasteiger partial charge on any atom is 0.291 e. The fourth-order valence-electron chi connectivity index (χ4n) is 4.34. The van der Waals surface area contributed by atoms with Crippen LogP contribution >= 0.6 is 0 Å². The van der Waals surface area contributed by atoms with Crippen LogP contribution in [0.2, 0.25) is 0 Å². The Morgan fingerprint density at radius 2 is 1.93 bits per heavy atom. The van der Waals surface area contributed by atoms with Crippen molar-refractivity contribution in [3.63, 3.8) is 0 Å². The minimum atomic E-state index is -0.261. The van der Waals surface area contributed by atoms with E-state index in [0.29, 0.717) is 29.4 Å². The van der Waals surface area contributed by atoms with Crippen LogP contribution in [0.15, 0.2) is 21.3 Å². The highest BCUT2D eigenvalue weighted by molar-refractivity contribution is 5.83. The van der Waals surface area contributed by atoms with E-state index in [1.54, 1.807) is 6.07 Å². The van der Waals surface area contributed by atoms with Gasteiger partial charge in [-0.15, -0.1) is 0 Å². The average Bonchev–Trinajstić information content (AvgIpc) is 3.13. The van der Waals surface area contributed by atoms with Gasteiger partial charge in [-0.2, -0.15) is 5.10 Å². The summed E-state index contributed by atoms with van der Waals surface area (Å²) < 4.78 is 8.83. The van der Waals surface area contributed by atoms with Gasteiger partial charge in [-0.3, -0.25) is 14.0 Å². The number of carbonyl (C=O) groups is 1. The first-order valence-corrected chi connectivity index (χ1v) is 9.66. The Bertz CT molecular complexity index is 1060. The van der Waals surface area contributed by atoms with Crippen LogP contribution in [-0.2, 0) is 17.8 Å². The number of carbonyl (C=O) groups excluding carboxylic acids is 1. The second-order valence-electron chi connectivity index (χ2n) is 7.95. The summed E-state index contributed by atoms with van der Waals surface area (Å²) in [7, 11) is 0. The van der Waals surface area contributed by atoms with Crippen molar-refractivity contribution in [2.45, 2.75) is 47.1 Å². The van der Waals surface area contributed by atoms with Gasteiger partial charge in [0.15, 0.2) is 5.58 Å². The molecule has 0 saturated carbocycles. The van der Waals surface area contributed by atoms with E-state index >= 15 is 0 Å². The first-order chi connectivity index (χ1) is 12.9. The Labute approximate surface area is 157 Å². The molecule has 4 heterocycles. The van der Waals surface area contributed by atoms with Crippen LogP contribution < -0.4 is 5.56 Å². The molecule has 3 aromatic heterocycles. The topological polar surface area (TPSA) is 72.8 Å². The van der Waals surface area contributed by atoms with Gasteiger partial charge in [-0.25, -0.2) is 4.68 Å². The van der Waals surface area contributed by atoms with Gasteiger partial charge >= 0.3 is 0 Å². The molecule has 0 N–H and O–H groups in total. The zero-order valence-electron chi connectivity index (χ0n) is 16.4. The monoisotopic (exact) mass is 370 g/mol. The number of hydrogen-bond acceptors (Lipinski definition) is 4. The summed E-state index contributed by atoms with van der Waals surface area (Å²) in [5.74, 6) is 2.46. The normalized spacial score (nSPS) is 20.7. The van der Waals surface area contributed by atoms with E-state index in [0.717, 1.165) is 36.6 Å². The lowest BCUT2D eigenvalue weighted by Crippen LogP contribution is -2.45. The molecular formula is C20H26N4O3. The number of rotatable bonds is 3. The molecule has 2 unspecified atom stereocenters. The highest BCUT2D eigenvalue weighted by Gasteiger charge is 2.26. The molecular weight excluding hydrogens is 344 g/mol. The van der Waals surface area contributed by atoms with Gasteiger partial charge in [0.05, 0.1) is 5.52 Å². The number of aromatic nitrogens is 3. The van der Waals surface area contributed by atoms with Crippen molar-refractivity contribution in [1.29, 1.82) is 0 Å². The number of aryl methyl sites for hydroxylation is 2. The van der Waals surface area contributed by atoms with Gasteiger partial charge in [-0.1, -0.05) is 20.8 Å². The Hall–Kier alpha value is -2.57. The van der Waals surface area contributed by atoms with Crippen LogP contribution in [0.5, 0.6) is 0 Å². The van der Waals surface area contributed by atoms with Crippen LogP contribution in [0.1, 0.15) is 38.8 Å². The number of hydrogen-bond donors (Lipinski definition) is 0. The van der Waals surface area contributed by atoms with Gasteiger partial charge in [0, 0.05) is 31.6 Å². The van der Waals surface area contributed by atoms with Gasteiger partial charge in [-0.05, 0) is 25.2 Å². The summed E-state index contributed by atoms with van der Waals surface area (Å²) >= 11 is 0. The predicted molar refractivity (Wildman–Crippen MR) is 103 cm³/mol. The van der Waals surface area contributed by atoms with Crippen LogP contribution in [0.3, 0.4) is 0 Å². The third-order valence-corrected chi connectivity index (χ3v) is 5.38. The van der Waals surface area contributed by atoms with Crippen molar-refractivity contribution in [2.75, 3.05) is 13.1 Å². The van der Waals surface area contributed by atoms with Gasteiger partial charge in [0.2, 0.25) is 5.91 Å². The van der Waals surface area contributed by atoms with E-state index in [2.05, 4.69) is 18.9 Å². The highest BCUT2D eigenvalue weighted by Crippen LogP contribution is 2.24. The van der Waals surface area contributed by atoms with Crippen molar-refractivity contribution < 1.29 is 9.21 Å². The fourth-order valence-corrected chi connectivity index (χ4v) is 4.34. The Morgan fingerprint density at radius 3 is 2.59 bits per heavy atom. The lowest BCUT2D eigenvalue weighted by molar-refractivity contribution is -0.134. The van der Waals surface area contributed by atoms with E-state index in [4.69, 9.17) is 4.42 Å². The van der Waals surface area contributed by atoms with Gasteiger partial charge in [0.25, 0.3) is 5.56 Å². The maximum absolute atomic E-state index is 13.0. The highest BCUT2D eigenvalue weighted by atomic mass is 16.3. The quantitative estimate of drug-likeness (QED) is 0.710. The maximum atomic E-state index is 13.0. The van der Waals surface area contributed by atoms with E-state index in [9.17, 15) is 9.59 Å². The van der Waals surface area contributed by atoms with E-state index in [-0.39, 0.29) is 18.0 Å². The third kappa shape index (κ3) is 3.05. The lowest BCUT2D eigenvalue weighted by atomic mass is 9.92. The lowest BCUT2D eigenvalue weighted by Gasteiger charge is -2.35. The number of piperidine rings is 1. The van der Waals surface area contributed by atoms with Crippen LogP contribution in [0.25, 0.3) is 16.6 Å². The fraction of sp³-hybridized carbons (Fsp3) is 0.550. The minimum absolute atomic E-state index is 0.0205. The van der Waals surface area contributed by atoms with E-state index in [1.165, 1.54) is 4.68 Å². The van der Waals surface area contributed by atoms with Gasteiger partial charge in [0.1, 0.15) is 23.6 Å². The molecule has 0 spiro atoms. The number of furan rings is 1. The Morgan fingerprint density at radius 1 is 1.22 bits per heavy atom. The van der Waals surface area contributed by atoms with Crippen LogP contribution in [0, 0.1) is 18.8 Å². The number of fused-ring (bicyclic) bond motifs is 3. The molecule has 7 nitrogen and oxygen atoms in total. The third-order valence-electron chi connectivity index (χ3n) is 5.38. The zero-order chi connectivity index (χ0) is 19.3. The van der Waals surface area contributed by atoms with Crippen molar-refractivity contribution in [3.05, 3.63) is 34.1 Å². The van der Waals surface area contributed by atoms with Crippen molar-refractivity contribution in [3.8, 4) is 0 Å². The largest absolute Gasteiger partial charge is 0.460 e. The molecule has 0 bridgehead atoms. The average molecular weight is 370 g/mol. The van der Waals surface area contributed by atoms with Crippen molar-refractivity contribution in [1.82, 2.24) is 19.1 Å². The Kier molecular flexibility index (Phi) is 4.32. The first-order valence-electron chi connectivity index (χ1n) is 9.66. The Balaban J connectivity index is 1.73. The summed E-state index contributed by atoms with van der Waals surface area (Å²) in [6.07, 6.45) is 1.79. The number of likely N-dealkylation sites (tertiary alicyclic amines) is 1. The molecule has 1 fully saturated rings. The summed E-state index contributed by atoms with van der Waals surface area (Å²) in [6, 6.07) is 3.66. The summed E-state index contributed by atoms with van der Waals surface area (Å²) in [4.78, 5) is 27.6. The standard InChI is InChI=1S/C20H26N4O3/c1-5-18-21-23(11-19(25)22-9-12(2)6-13(3)10-22)20(26)16-8-17-15(24(16)18)7-14(4)27-17/h7-8,12-13H,5-6,9-11H2,1-4H3. The summed E-state index contributed by atoms with van der Waals surface area (Å²) in [5, 5.41) is 4.50. The number of nitrogens with zero attached hydrogens (tertiary/aromatic N) is 4. The number of amides is 1. The summed E-state index contributed by atoms with van der Waals surface area (Å²) in [5.41, 5.74) is 1.76. The molecule has 1 amide bonds. The second-order valence-corrected chi connectivity index (χ2v) is 7.95. The van der Waals surface area contributed by atoms with Crippen LogP contribution in [-0.4, -0.2) is 38.1 Å². The first kappa shape index (κ1) is 17.8. The molecule has 144 valence electrons. The van der Waals surface area contributed by atoms with Crippen molar-refractivity contribution in [2.24, 2.45) is 11.8 Å². The molecule has 0 aliphatic carbocycles. The van der Waals surface area contributed by atoms with Crippen LogP contribution in [0.4, 0.5) is 0 Å². The molecule has 4 rings (SSSR count). The molecule has 2 atom stereocenters. The summed E-state index contributed by atoms with van der Waals surface area (Å²) in [6.45, 7) is 9.68. The zero-order valence-corrected chi connectivity index (χ0v) is 16.4. The van der Waals surface area contributed by atoms with Crippen molar-refractivity contribution >= 4 is 22.5 Å². The minimum Gasteiger partial charge on any atom is -0.460 e. The molecule has 0 radical (unpaired) electrons. The molecule has 1 saturated heterocycles. The molecule has 0 aromatic carbocycles. The van der Waals surface area contributed by atoms with E-state index < -0.39 is 0 Å². The predicted octanol–water partition coefficient (Wildman–Crippen LogP) is 2.62.